The van der Waals surface area contributed by atoms with Gasteiger partial charge >= 0.3 is 6.03 Å². The molecule has 0 radical (unpaired) electrons. The summed E-state index contributed by atoms with van der Waals surface area (Å²) in [6, 6.07) is 5.66. The minimum absolute atomic E-state index is 0.121. The van der Waals surface area contributed by atoms with Gasteiger partial charge in [0.1, 0.15) is 5.82 Å². The Kier molecular flexibility index (Phi) is 11.1. The van der Waals surface area contributed by atoms with Gasteiger partial charge in [-0.15, -0.1) is 0 Å². The normalized spacial score (nSPS) is 14.2. The molecule has 0 unspecified atom stereocenters. The van der Waals surface area contributed by atoms with E-state index < -0.39 is 0 Å². The van der Waals surface area contributed by atoms with E-state index in [0.717, 1.165) is 26.2 Å². The predicted molar refractivity (Wildman–Crippen MR) is 91.8 cm³/mol. The third kappa shape index (κ3) is 7.98. The van der Waals surface area contributed by atoms with Crippen LogP contribution in [0.25, 0.3) is 0 Å². The average Bonchev–Trinajstić information content (AvgIpc) is 2.53. The van der Waals surface area contributed by atoms with Crippen molar-refractivity contribution in [1.29, 1.82) is 0 Å². The number of nitrogens with zero attached hydrogens (tertiary/aromatic N) is 2. The Morgan fingerprint density at radius 2 is 1.55 bits per heavy atom. The molecule has 1 fully saturated rings. The van der Waals surface area contributed by atoms with Crippen LogP contribution in [0.2, 0.25) is 0 Å². The second kappa shape index (κ2) is 12.0. The zero-order chi connectivity index (χ0) is 17.0. The summed E-state index contributed by atoms with van der Waals surface area (Å²) in [4.78, 5) is 15.8. The van der Waals surface area contributed by atoms with Crippen LogP contribution >= 0.6 is 0 Å². The number of hydrogen-bond donors (Lipinski definition) is 1. The van der Waals surface area contributed by atoms with Crippen molar-refractivity contribution in [2.45, 2.75) is 34.1 Å². The van der Waals surface area contributed by atoms with Crippen molar-refractivity contribution in [3.63, 3.8) is 0 Å². The first kappa shape index (κ1) is 20.4. The van der Waals surface area contributed by atoms with E-state index in [1.54, 1.807) is 17.0 Å². The lowest BCUT2D eigenvalue weighted by Crippen LogP contribution is -2.48. The second-order valence-electron chi connectivity index (χ2n) is 4.93. The van der Waals surface area contributed by atoms with E-state index in [1.165, 1.54) is 18.6 Å². The Bertz CT molecular complexity index is 401. The standard InChI is InChI=1S/C12H16FN3O.C3H8.C2H6/c1-15-6-8-16(9-7-15)12(17)14-11-4-2-10(13)3-5-11;1-3-2;1-2/h2-5H,6-9H2,1H3,(H,14,17);3H2,1-2H3;1-2H3. The SMILES string of the molecule is CC.CCC.CN1CCN(C(=O)Nc2ccc(F)cc2)CC1. The molecular weight excluding hydrogens is 281 g/mol. The van der Waals surface area contributed by atoms with Gasteiger partial charge in [0.15, 0.2) is 0 Å². The number of benzene rings is 1. The molecule has 0 spiro atoms. The van der Waals surface area contributed by atoms with Crippen molar-refractivity contribution in [1.82, 2.24) is 9.80 Å². The van der Waals surface area contributed by atoms with Gasteiger partial charge in [-0.05, 0) is 31.3 Å². The van der Waals surface area contributed by atoms with Crippen molar-refractivity contribution < 1.29 is 9.18 Å². The Morgan fingerprint density at radius 1 is 1.09 bits per heavy atom. The first-order valence-corrected chi connectivity index (χ1v) is 8.06. The van der Waals surface area contributed by atoms with Crippen molar-refractivity contribution in [2.75, 3.05) is 38.5 Å². The zero-order valence-corrected chi connectivity index (χ0v) is 14.5. The fourth-order valence-electron chi connectivity index (χ4n) is 1.75. The maximum Gasteiger partial charge on any atom is 0.321 e. The summed E-state index contributed by atoms with van der Waals surface area (Å²) >= 11 is 0. The Labute approximate surface area is 134 Å². The fraction of sp³-hybridized carbons (Fsp3) is 0.588. The molecule has 2 rings (SSSR count). The van der Waals surface area contributed by atoms with E-state index in [9.17, 15) is 9.18 Å². The van der Waals surface area contributed by atoms with E-state index in [1.807, 2.05) is 20.9 Å². The van der Waals surface area contributed by atoms with Crippen LogP contribution in [0.3, 0.4) is 0 Å². The number of anilines is 1. The van der Waals surface area contributed by atoms with E-state index >= 15 is 0 Å². The lowest BCUT2D eigenvalue weighted by Gasteiger charge is -2.32. The van der Waals surface area contributed by atoms with Crippen molar-refractivity contribution in [2.24, 2.45) is 0 Å². The van der Waals surface area contributed by atoms with Gasteiger partial charge in [-0.25, -0.2) is 9.18 Å². The maximum absolute atomic E-state index is 12.7. The molecule has 1 aromatic rings. The van der Waals surface area contributed by atoms with E-state index in [-0.39, 0.29) is 11.8 Å². The van der Waals surface area contributed by atoms with Gasteiger partial charge in [0, 0.05) is 31.9 Å². The first-order chi connectivity index (χ1) is 10.6. The number of halogens is 1. The number of urea groups is 1. The van der Waals surface area contributed by atoms with E-state index in [0.29, 0.717) is 5.69 Å². The molecule has 1 aliphatic heterocycles. The second-order valence-corrected chi connectivity index (χ2v) is 4.93. The molecule has 5 heteroatoms. The van der Waals surface area contributed by atoms with Crippen molar-refractivity contribution in [3.8, 4) is 0 Å². The van der Waals surface area contributed by atoms with Crippen LogP contribution < -0.4 is 5.32 Å². The quantitative estimate of drug-likeness (QED) is 0.849. The van der Waals surface area contributed by atoms with E-state index in [4.69, 9.17) is 0 Å². The van der Waals surface area contributed by atoms with Crippen LogP contribution in [0.4, 0.5) is 14.9 Å². The number of carbonyl (C=O) groups is 1. The van der Waals surface area contributed by atoms with Gasteiger partial charge < -0.3 is 15.1 Å². The summed E-state index contributed by atoms with van der Waals surface area (Å²) in [5.74, 6) is -0.303. The van der Waals surface area contributed by atoms with Gasteiger partial charge in [-0.3, -0.25) is 0 Å². The molecule has 1 aliphatic rings. The van der Waals surface area contributed by atoms with Crippen molar-refractivity contribution >= 4 is 11.7 Å². The van der Waals surface area contributed by atoms with Gasteiger partial charge in [0.05, 0.1) is 0 Å². The number of rotatable bonds is 1. The lowest BCUT2D eigenvalue weighted by atomic mass is 10.3. The van der Waals surface area contributed by atoms with Crippen molar-refractivity contribution in [3.05, 3.63) is 30.1 Å². The highest BCUT2D eigenvalue weighted by molar-refractivity contribution is 5.89. The topological polar surface area (TPSA) is 35.6 Å². The minimum atomic E-state index is -0.303. The summed E-state index contributed by atoms with van der Waals surface area (Å²) < 4.78 is 12.7. The highest BCUT2D eigenvalue weighted by atomic mass is 19.1. The summed E-state index contributed by atoms with van der Waals surface area (Å²) in [6.45, 7) is 11.5. The van der Waals surface area contributed by atoms with E-state index in [2.05, 4.69) is 24.1 Å². The largest absolute Gasteiger partial charge is 0.322 e. The number of nitrogens with one attached hydrogen (secondary N) is 1. The van der Waals surface area contributed by atoms with Crippen LogP contribution in [0.1, 0.15) is 34.1 Å². The molecule has 1 aromatic carbocycles. The summed E-state index contributed by atoms with van der Waals surface area (Å²) in [5.41, 5.74) is 0.621. The molecule has 2 amide bonds. The molecule has 4 nitrogen and oxygen atoms in total. The van der Waals surface area contributed by atoms with Crippen LogP contribution in [0.5, 0.6) is 0 Å². The third-order valence-electron chi connectivity index (χ3n) is 2.89. The first-order valence-electron chi connectivity index (χ1n) is 8.06. The van der Waals surface area contributed by atoms with Crippen LogP contribution in [-0.4, -0.2) is 49.1 Å². The molecule has 0 atom stereocenters. The molecule has 0 saturated carbocycles. The third-order valence-corrected chi connectivity index (χ3v) is 2.89. The lowest BCUT2D eigenvalue weighted by molar-refractivity contribution is 0.164. The summed E-state index contributed by atoms with van der Waals surface area (Å²) in [7, 11) is 2.04. The van der Waals surface area contributed by atoms with Crippen LogP contribution in [-0.2, 0) is 0 Å². The highest BCUT2D eigenvalue weighted by Crippen LogP contribution is 2.10. The highest BCUT2D eigenvalue weighted by Gasteiger charge is 2.18. The molecule has 22 heavy (non-hydrogen) atoms. The number of carbonyl (C=O) groups excluding carboxylic acids is 1. The number of amides is 2. The number of hydrogen-bond acceptors (Lipinski definition) is 2. The van der Waals surface area contributed by atoms with Gasteiger partial charge in [0.2, 0.25) is 0 Å². The molecular formula is C17H30FN3O. The smallest absolute Gasteiger partial charge is 0.321 e. The van der Waals surface area contributed by atoms with Gasteiger partial charge in [0.25, 0.3) is 0 Å². The molecule has 1 heterocycles. The molecule has 126 valence electrons. The molecule has 1 N–H and O–H groups in total. The Hall–Kier alpha value is -1.62. The Morgan fingerprint density at radius 3 is 2.00 bits per heavy atom. The zero-order valence-electron chi connectivity index (χ0n) is 14.5. The average molecular weight is 311 g/mol. The molecule has 0 aromatic heterocycles. The van der Waals surface area contributed by atoms with Gasteiger partial charge in [-0.2, -0.15) is 0 Å². The summed E-state index contributed by atoms with van der Waals surface area (Å²) in [6.07, 6.45) is 1.25. The fourth-order valence-corrected chi connectivity index (χ4v) is 1.75. The maximum atomic E-state index is 12.7. The Balaban J connectivity index is 0.000000789. The molecule has 1 saturated heterocycles. The monoisotopic (exact) mass is 311 g/mol. The van der Waals surface area contributed by atoms with Crippen LogP contribution in [0.15, 0.2) is 24.3 Å². The molecule has 0 aliphatic carbocycles. The van der Waals surface area contributed by atoms with Crippen LogP contribution in [0, 0.1) is 5.82 Å². The number of piperazine rings is 1. The van der Waals surface area contributed by atoms with Gasteiger partial charge in [-0.1, -0.05) is 34.1 Å². The predicted octanol–water partition coefficient (Wildman–Crippen LogP) is 4.05. The summed E-state index contributed by atoms with van der Waals surface area (Å²) in [5, 5.41) is 2.76. The molecule has 0 bridgehead atoms. The number of likely N-dealkylation sites (N-methyl/N-ethyl adjacent to an activating group) is 1. The minimum Gasteiger partial charge on any atom is -0.322 e.